The molecule has 34 heteroatoms. The molecule has 696 valence electrons. The fourth-order valence-electron chi connectivity index (χ4n) is 13.6. The summed E-state index contributed by atoms with van der Waals surface area (Å²) in [4.78, 5) is 121. The van der Waals surface area contributed by atoms with Crippen LogP contribution in [0.2, 0.25) is 0 Å². The minimum atomic E-state index is -0.397. The van der Waals surface area contributed by atoms with Gasteiger partial charge in [-0.05, 0) is 166 Å². The minimum Gasteiger partial charge on any atom is -0.497 e. The Hall–Kier alpha value is -10.9. The average Bonchev–Trinajstić information content (AvgIpc) is 1.57. The van der Waals surface area contributed by atoms with Crippen molar-refractivity contribution in [3.8, 4) is 23.0 Å². The average molecular weight is 2020 g/mol. The Morgan fingerprint density at radius 2 is 0.856 bits per heavy atom. The molecule has 0 aliphatic rings. The van der Waals surface area contributed by atoms with Gasteiger partial charge in [0.1, 0.15) is 56.9 Å². The van der Waals surface area contributed by atoms with Crippen molar-refractivity contribution in [3.63, 3.8) is 0 Å². The quantitative estimate of drug-likeness (QED) is 0.00897. The molecule has 0 unspecified atom stereocenters. The molecule has 2 aromatic carbocycles. The number of hydrogen-bond donors (Lipinski definition) is 6. The molecule has 1 amide bonds. The van der Waals surface area contributed by atoms with Crippen molar-refractivity contribution in [2.24, 2.45) is 28.2 Å². The van der Waals surface area contributed by atoms with Crippen molar-refractivity contribution < 1.29 is 121 Å². The van der Waals surface area contributed by atoms with Crippen LogP contribution in [0.4, 0.5) is 35.3 Å². The van der Waals surface area contributed by atoms with Crippen LogP contribution in [0.1, 0.15) is 232 Å². The molecular formula is C98H132Li2N20O11U. The van der Waals surface area contributed by atoms with Crippen LogP contribution in [0.15, 0.2) is 153 Å². The maximum atomic E-state index is 13.3. The van der Waals surface area contributed by atoms with E-state index in [9.17, 15) is 28.8 Å². The van der Waals surface area contributed by atoms with Crippen molar-refractivity contribution in [1.29, 1.82) is 0 Å². The third-order valence-corrected chi connectivity index (χ3v) is 21.6. The Labute approximate surface area is 825 Å². The minimum absolute atomic E-state index is 0. The number of benzene rings is 2. The first-order valence-electron chi connectivity index (χ1n) is 43.7. The maximum absolute atomic E-state index is 13.3. The molecule has 10 aromatic heterocycles. The van der Waals surface area contributed by atoms with Crippen LogP contribution in [-0.2, 0) is 60.5 Å². The number of nitrogens with one attached hydrogen (secondary N) is 5. The zero-order chi connectivity index (χ0) is 94.4. The summed E-state index contributed by atoms with van der Waals surface area (Å²) in [7, 11) is 17.0. The van der Waals surface area contributed by atoms with Gasteiger partial charge in [-0.3, -0.25) is 19.2 Å². The Morgan fingerprint density at radius 1 is 0.477 bits per heavy atom. The second-order valence-corrected chi connectivity index (χ2v) is 32.6. The molecule has 12 aromatic rings. The molecule has 0 aliphatic carbocycles. The molecule has 31 nitrogen and oxygen atoms in total. The fourth-order valence-corrected chi connectivity index (χ4v) is 13.6. The standard InChI is InChI=1S/C32H40N6O4.C29H40N6O5.C23H30N6O2.C5H7N.C5H6N.C4H9.2Li.U/c1-7-8-14-32(3,15-13-21(2)39)37-30-28-25(17-23(20-33-28)29(40)26-10-9-16-38(26)4)35-31(36-30)34-19-22-11-12-24(41-5)18-27(22)42-6;1-8-9-13-29(3,14-12-19(2)36)34-26-25-23(15-21(18-30-25)27(37)35(4)40-7)32-28(33-26)31-17-20-10-11-22(38-5)16-24(20)39-6;1-5-6-10-23(3,11-9-15(2)30)28-21-19-17(26-22(24)27-21)13-16(14-25-19)20(31)18-8-7-12-29(18)4;2*1-6-4-2-3-5-6;1-3-4-2;;;/h9-12,16-18,20H,7-8,13-15,19H2,1-6H3,(H2,34,35,36,37);10-11,15-16,18H,8-9,12-14,17H2,1-7H3,(H2,31,32,33,34);7-8,12-14H,5-6,9-11H2,1-4H3,(H3,24,26,27,28);2-5H,1H3;2-4H,1H3;1,3-4H2,2H3;;;/q;;;;2*-1;2*+1;/t32-;29-;23-;;;;;;/m111....../s1. The number of methoxy groups -OCH3 is 4. The predicted octanol–water partition coefficient (Wildman–Crippen LogP) is 12.4. The first-order valence-corrected chi connectivity index (χ1v) is 43.7. The predicted molar refractivity (Wildman–Crippen MR) is 511 cm³/mol. The number of carbonyl (C=O) groups is 6. The van der Waals surface area contributed by atoms with E-state index in [1.165, 1.54) is 26.8 Å². The maximum Gasteiger partial charge on any atom is 1.00 e. The third-order valence-electron chi connectivity index (χ3n) is 21.6. The number of Topliss-reactive ketones (excluding diaryl/α,β-unsaturated/α-hetero) is 3. The molecule has 0 aliphatic heterocycles. The van der Waals surface area contributed by atoms with E-state index < -0.39 is 11.1 Å². The number of hydroxylamine groups is 2. The summed E-state index contributed by atoms with van der Waals surface area (Å²) >= 11 is 0. The van der Waals surface area contributed by atoms with E-state index in [4.69, 9.17) is 44.5 Å². The number of nitrogens with zero attached hydrogens (tertiary/aromatic N) is 14. The van der Waals surface area contributed by atoms with Crippen LogP contribution in [-0.4, -0.2) is 162 Å². The number of ketones is 5. The van der Waals surface area contributed by atoms with Crippen molar-refractivity contribution in [3.05, 3.63) is 205 Å². The van der Waals surface area contributed by atoms with Crippen LogP contribution in [0.3, 0.4) is 0 Å². The molecule has 0 fully saturated rings. The van der Waals surface area contributed by atoms with Crippen molar-refractivity contribution in [2.75, 3.05) is 74.9 Å². The number of anilines is 6. The van der Waals surface area contributed by atoms with Crippen molar-refractivity contribution >= 4 is 103 Å². The number of ether oxygens (including phenoxy) is 4. The van der Waals surface area contributed by atoms with Crippen LogP contribution in [0, 0.1) is 44.2 Å². The van der Waals surface area contributed by atoms with Gasteiger partial charge in [0.05, 0.1) is 69.1 Å². The number of amides is 1. The first-order chi connectivity index (χ1) is 61.7. The van der Waals surface area contributed by atoms with Crippen molar-refractivity contribution in [1.82, 2.24) is 68.2 Å². The Balaban J connectivity index is 0.000000379. The summed E-state index contributed by atoms with van der Waals surface area (Å²) in [6, 6.07) is 31.3. The number of aryl methyl sites for hydroxylation is 4. The van der Waals surface area contributed by atoms with Crippen LogP contribution >= 0.6 is 0 Å². The number of hydrogen-bond acceptors (Lipinski definition) is 26. The summed E-state index contributed by atoms with van der Waals surface area (Å²) in [5, 5.41) is 18.4. The summed E-state index contributed by atoms with van der Waals surface area (Å²) in [6.07, 6.45) is 31.5. The molecule has 132 heavy (non-hydrogen) atoms. The number of unbranched alkanes of at least 4 members (excludes halogenated alkanes) is 4. The summed E-state index contributed by atoms with van der Waals surface area (Å²) in [5.41, 5.74) is 12.1. The van der Waals surface area contributed by atoms with Gasteiger partial charge in [-0.25, -0.2) is 35.0 Å². The molecule has 7 N–H and O–H groups in total. The molecule has 0 bridgehead atoms. The van der Waals surface area contributed by atoms with Gasteiger partial charge in [0.15, 0.2) is 17.5 Å². The summed E-state index contributed by atoms with van der Waals surface area (Å²) in [5.74, 6) is 4.94. The van der Waals surface area contributed by atoms with Crippen LogP contribution < -0.4 is 89.0 Å². The number of fused-ring (bicyclic) bond motifs is 3. The molecule has 10 heterocycles. The van der Waals surface area contributed by atoms with E-state index >= 15 is 0 Å². The molecule has 0 radical (unpaired) electrons. The Kier molecular flexibility index (Phi) is 48.8. The topological polar surface area (TPSA) is 374 Å². The fraction of sp³-hybridized carbons (Fsp3) is 0.429. The van der Waals surface area contributed by atoms with Gasteiger partial charge >= 0.3 is 37.7 Å². The Bertz CT molecular complexity index is 5590. The van der Waals surface area contributed by atoms with Crippen LogP contribution in [0.25, 0.3) is 33.1 Å². The normalized spacial score (nSPS) is 11.9. The Morgan fingerprint density at radius 3 is 1.16 bits per heavy atom. The van der Waals surface area contributed by atoms with Gasteiger partial charge in [0.2, 0.25) is 29.4 Å². The van der Waals surface area contributed by atoms with E-state index in [0.717, 1.165) is 80.4 Å². The third kappa shape index (κ3) is 35.2. The zero-order valence-electron chi connectivity index (χ0n) is 81.4. The number of nitrogen functional groups attached to an aromatic ring is 1. The summed E-state index contributed by atoms with van der Waals surface area (Å²) in [6.45, 7) is 24.0. The summed E-state index contributed by atoms with van der Waals surface area (Å²) < 4.78 is 29.1. The SMILES string of the molecule is CCCC[C@](C)(CCC(C)=O)Nc1nc(N)nc2cc(C(=O)c3cccn3C)cnc12.CCCC[C@](C)(CCC(C)=O)Nc1nc(NCc2ccc(OC)cc2OC)nc2cc(C(=O)N(C)OC)cnc12.CCCC[C@](C)(CCC(C)=O)Nc1nc(NCc2ccc(OC)cc2OC)nc2cc(C(=O)c3cccn3C)cnc12.Cn1[c-]ccc1.Cn1cccc1.[CH2-]CCC.[Li+].[Li+].[U]. The monoisotopic (exact) mass is 2020 g/mol. The molecular weight excluding hydrogens is 1890 g/mol. The molecule has 0 spiro atoms. The van der Waals surface area contributed by atoms with Gasteiger partial charge in [-0.2, -0.15) is 33.5 Å². The van der Waals surface area contributed by atoms with E-state index in [0.29, 0.717) is 165 Å². The van der Waals surface area contributed by atoms with Gasteiger partial charge in [0.25, 0.3) is 5.91 Å². The second-order valence-electron chi connectivity index (χ2n) is 32.6. The number of nitrogens with two attached hydrogens (primary N) is 1. The van der Waals surface area contributed by atoms with Gasteiger partial charge < -0.3 is 90.8 Å². The van der Waals surface area contributed by atoms with Gasteiger partial charge in [-0.1, -0.05) is 72.6 Å². The van der Waals surface area contributed by atoms with E-state index in [2.05, 4.69) is 118 Å². The van der Waals surface area contributed by atoms with E-state index in [1.807, 2.05) is 141 Å². The molecule has 0 saturated carbocycles. The van der Waals surface area contributed by atoms with E-state index in [-0.39, 0.29) is 115 Å². The smallest absolute Gasteiger partial charge is 0.497 e. The molecule has 12 rings (SSSR count). The van der Waals surface area contributed by atoms with E-state index in [1.54, 1.807) is 101 Å². The zero-order valence-corrected chi connectivity index (χ0v) is 85.6. The molecule has 0 saturated heterocycles. The first kappa shape index (κ1) is 113. The number of rotatable bonds is 41. The number of carbonyl (C=O) groups excluding carboxylic acids is 6. The van der Waals surface area contributed by atoms with Gasteiger partial charge in [-0.15, -0.1) is 12.4 Å². The van der Waals surface area contributed by atoms with Crippen molar-refractivity contribution in [2.45, 2.75) is 208 Å². The molecule has 3 atom stereocenters. The van der Waals surface area contributed by atoms with Gasteiger partial charge in [0, 0.05) is 186 Å². The number of aromatic nitrogens is 13. The number of pyridine rings is 3. The van der Waals surface area contributed by atoms with Crippen LogP contribution in [0.5, 0.6) is 23.0 Å². The largest absolute Gasteiger partial charge is 1.00 e. The second kappa shape index (κ2) is 56.8.